The first-order valence-electron chi connectivity index (χ1n) is 9.56. The van der Waals surface area contributed by atoms with Gasteiger partial charge in [0.05, 0.1) is 18.5 Å². The molecule has 1 aliphatic rings. The van der Waals surface area contributed by atoms with Crippen molar-refractivity contribution in [3.8, 4) is 5.75 Å². The zero-order valence-electron chi connectivity index (χ0n) is 16.4. The summed E-state index contributed by atoms with van der Waals surface area (Å²) in [6.45, 7) is 1.60. The monoisotopic (exact) mass is 420 g/mol. The minimum Gasteiger partial charge on any atom is -0.484 e. The molecule has 0 N–H and O–H groups in total. The summed E-state index contributed by atoms with van der Waals surface area (Å²) in [5.41, 5.74) is 1.14. The van der Waals surface area contributed by atoms with Crippen LogP contribution in [0.1, 0.15) is 24.8 Å². The lowest BCUT2D eigenvalue weighted by Gasteiger charge is -2.26. The SMILES string of the molecule is CS(=O)(=O)N(Cc1ccc(F)cc1)c1ccc(OCC(=O)N2CCCCC2)cc1. The third-order valence-corrected chi connectivity index (χ3v) is 5.98. The molecule has 8 heteroatoms. The molecular weight excluding hydrogens is 395 g/mol. The minimum absolute atomic E-state index is 0.0370. The van der Waals surface area contributed by atoms with Crippen molar-refractivity contribution in [1.29, 1.82) is 0 Å². The standard InChI is InChI=1S/C21H25FN2O4S/c1-29(26,27)24(15-17-5-7-18(22)8-6-17)19-9-11-20(12-10-19)28-16-21(25)23-13-3-2-4-14-23/h5-12H,2-4,13-16H2,1H3. The van der Waals surface area contributed by atoms with Gasteiger partial charge in [0.25, 0.3) is 5.91 Å². The van der Waals surface area contributed by atoms with Crippen LogP contribution in [-0.2, 0) is 21.4 Å². The summed E-state index contributed by atoms with van der Waals surface area (Å²) in [4.78, 5) is 14.0. The lowest BCUT2D eigenvalue weighted by atomic mass is 10.1. The first-order chi connectivity index (χ1) is 13.8. The van der Waals surface area contributed by atoms with Crippen molar-refractivity contribution >= 4 is 21.6 Å². The van der Waals surface area contributed by atoms with Crippen LogP contribution in [0.3, 0.4) is 0 Å². The number of sulfonamides is 1. The third kappa shape index (κ3) is 5.93. The van der Waals surface area contributed by atoms with E-state index >= 15 is 0 Å². The van der Waals surface area contributed by atoms with Crippen LogP contribution >= 0.6 is 0 Å². The van der Waals surface area contributed by atoms with Crippen molar-refractivity contribution in [3.05, 3.63) is 59.9 Å². The van der Waals surface area contributed by atoms with Crippen LogP contribution < -0.4 is 9.04 Å². The van der Waals surface area contributed by atoms with Crippen LogP contribution in [0.5, 0.6) is 5.75 Å². The van der Waals surface area contributed by atoms with E-state index < -0.39 is 10.0 Å². The number of likely N-dealkylation sites (tertiary alicyclic amines) is 1. The number of hydrogen-bond acceptors (Lipinski definition) is 4. The highest BCUT2D eigenvalue weighted by atomic mass is 32.2. The maximum Gasteiger partial charge on any atom is 0.260 e. The number of carbonyl (C=O) groups excluding carboxylic acids is 1. The molecule has 0 bridgehead atoms. The molecule has 0 saturated carbocycles. The second-order valence-corrected chi connectivity index (χ2v) is 9.03. The van der Waals surface area contributed by atoms with E-state index in [1.165, 1.54) is 16.4 Å². The molecule has 29 heavy (non-hydrogen) atoms. The molecule has 6 nitrogen and oxygen atoms in total. The highest BCUT2D eigenvalue weighted by Crippen LogP contribution is 2.24. The largest absolute Gasteiger partial charge is 0.484 e. The van der Waals surface area contributed by atoms with Gasteiger partial charge in [-0.05, 0) is 61.2 Å². The molecule has 0 radical (unpaired) electrons. The minimum atomic E-state index is -3.54. The van der Waals surface area contributed by atoms with E-state index in [4.69, 9.17) is 4.74 Å². The maximum absolute atomic E-state index is 13.1. The molecule has 1 amide bonds. The van der Waals surface area contributed by atoms with Crippen LogP contribution in [0.2, 0.25) is 0 Å². The number of hydrogen-bond donors (Lipinski definition) is 0. The Morgan fingerprint density at radius 3 is 2.24 bits per heavy atom. The van der Waals surface area contributed by atoms with Gasteiger partial charge in [0, 0.05) is 13.1 Å². The van der Waals surface area contributed by atoms with Crippen LogP contribution in [0.25, 0.3) is 0 Å². The van der Waals surface area contributed by atoms with Gasteiger partial charge in [-0.1, -0.05) is 12.1 Å². The Morgan fingerprint density at radius 2 is 1.66 bits per heavy atom. The molecule has 1 fully saturated rings. The Balaban J connectivity index is 1.65. The number of nitrogens with zero attached hydrogens (tertiary/aromatic N) is 2. The molecule has 2 aromatic carbocycles. The lowest BCUT2D eigenvalue weighted by Crippen LogP contribution is -2.38. The molecular formula is C21H25FN2O4S. The van der Waals surface area contributed by atoms with Gasteiger partial charge in [-0.2, -0.15) is 0 Å². The Hall–Kier alpha value is -2.61. The summed E-state index contributed by atoms with van der Waals surface area (Å²) >= 11 is 0. The number of amides is 1. The average Bonchev–Trinajstić information content (AvgIpc) is 2.72. The number of anilines is 1. The van der Waals surface area contributed by atoms with E-state index in [0.29, 0.717) is 17.0 Å². The molecule has 1 saturated heterocycles. The van der Waals surface area contributed by atoms with Gasteiger partial charge in [0.1, 0.15) is 11.6 Å². The zero-order valence-corrected chi connectivity index (χ0v) is 17.2. The molecule has 0 atom stereocenters. The summed E-state index contributed by atoms with van der Waals surface area (Å²) in [5.74, 6) is 0.0810. The predicted molar refractivity (Wildman–Crippen MR) is 110 cm³/mol. The molecule has 1 heterocycles. The van der Waals surface area contributed by atoms with Gasteiger partial charge in [-0.25, -0.2) is 12.8 Å². The number of benzene rings is 2. The van der Waals surface area contributed by atoms with Crippen molar-refractivity contribution in [2.45, 2.75) is 25.8 Å². The van der Waals surface area contributed by atoms with E-state index in [1.54, 1.807) is 36.4 Å². The maximum atomic E-state index is 13.1. The van der Waals surface area contributed by atoms with Crippen LogP contribution in [0, 0.1) is 5.82 Å². The quantitative estimate of drug-likeness (QED) is 0.690. The zero-order chi connectivity index (χ0) is 20.9. The van der Waals surface area contributed by atoms with E-state index in [0.717, 1.165) is 38.6 Å². The van der Waals surface area contributed by atoms with Crippen molar-refractivity contribution in [2.75, 3.05) is 30.3 Å². The number of ether oxygens (including phenoxy) is 1. The highest BCUT2D eigenvalue weighted by molar-refractivity contribution is 7.92. The summed E-state index contributed by atoms with van der Waals surface area (Å²) in [5, 5.41) is 0. The van der Waals surface area contributed by atoms with Gasteiger partial charge in [0.15, 0.2) is 6.61 Å². The smallest absolute Gasteiger partial charge is 0.260 e. The fourth-order valence-corrected chi connectivity index (χ4v) is 4.13. The van der Waals surface area contributed by atoms with E-state index in [1.807, 2.05) is 4.90 Å². The highest BCUT2D eigenvalue weighted by Gasteiger charge is 2.19. The van der Waals surface area contributed by atoms with Crippen LogP contribution in [-0.4, -0.2) is 45.2 Å². The second kappa shape index (κ2) is 9.26. The Morgan fingerprint density at radius 1 is 1.03 bits per heavy atom. The molecule has 0 unspecified atom stereocenters. The number of piperidine rings is 1. The van der Waals surface area contributed by atoms with Gasteiger partial charge in [0.2, 0.25) is 10.0 Å². The number of rotatable bonds is 7. The molecule has 0 spiro atoms. The topological polar surface area (TPSA) is 66.9 Å². The van der Waals surface area contributed by atoms with E-state index in [2.05, 4.69) is 0 Å². The van der Waals surface area contributed by atoms with Crippen molar-refractivity contribution in [1.82, 2.24) is 4.90 Å². The van der Waals surface area contributed by atoms with Crippen molar-refractivity contribution < 1.29 is 22.3 Å². The number of halogens is 1. The molecule has 0 aromatic heterocycles. The normalized spacial score (nSPS) is 14.5. The molecule has 1 aliphatic heterocycles. The van der Waals surface area contributed by atoms with Crippen LogP contribution in [0.4, 0.5) is 10.1 Å². The van der Waals surface area contributed by atoms with Gasteiger partial charge in [-0.3, -0.25) is 9.10 Å². The lowest BCUT2D eigenvalue weighted by molar-refractivity contribution is -0.134. The first kappa shape index (κ1) is 21.1. The summed E-state index contributed by atoms with van der Waals surface area (Å²) < 4.78 is 44.4. The molecule has 0 aliphatic carbocycles. The first-order valence-corrected chi connectivity index (χ1v) is 11.4. The van der Waals surface area contributed by atoms with Crippen LogP contribution in [0.15, 0.2) is 48.5 Å². The third-order valence-electron chi connectivity index (χ3n) is 4.84. The Kier molecular flexibility index (Phi) is 6.74. The average molecular weight is 421 g/mol. The van der Waals surface area contributed by atoms with Crippen molar-refractivity contribution in [3.63, 3.8) is 0 Å². The summed E-state index contributed by atoms with van der Waals surface area (Å²) in [6, 6.07) is 12.2. The fraction of sp³-hybridized carbons (Fsp3) is 0.381. The van der Waals surface area contributed by atoms with Crippen molar-refractivity contribution in [2.24, 2.45) is 0 Å². The predicted octanol–water partition coefficient (Wildman–Crippen LogP) is 3.18. The number of carbonyl (C=O) groups is 1. The summed E-state index contributed by atoms with van der Waals surface area (Å²) in [6.07, 6.45) is 4.32. The second-order valence-electron chi connectivity index (χ2n) is 7.12. The summed E-state index contributed by atoms with van der Waals surface area (Å²) in [7, 11) is -3.54. The molecule has 2 aromatic rings. The Labute approximate surface area is 170 Å². The van der Waals surface area contributed by atoms with Gasteiger partial charge >= 0.3 is 0 Å². The van der Waals surface area contributed by atoms with Gasteiger partial charge in [-0.15, -0.1) is 0 Å². The van der Waals surface area contributed by atoms with E-state index in [-0.39, 0.29) is 24.9 Å². The molecule has 3 rings (SSSR count). The fourth-order valence-electron chi connectivity index (χ4n) is 3.24. The molecule has 156 valence electrons. The Bertz CT molecular complexity index is 924. The van der Waals surface area contributed by atoms with Gasteiger partial charge < -0.3 is 9.64 Å². The van der Waals surface area contributed by atoms with E-state index in [9.17, 15) is 17.6 Å².